The number of anilines is 1. The summed E-state index contributed by atoms with van der Waals surface area (Å²) in [4.78, 5) is 13.7. The number of hydrogen-bond acceptors (Lipinski definition) is 2. The van der Waals surface area contributed by atoms with Gasteiger partial charge in [-0.05, 0) is 35.9 Å². The summed E-state index contributed by atoms with van der Waals surface area (Å²) in [5.74, 6) is -0.467. The van der Waals surface area contributed by atoms with E-state index < -0.39 is 6.36 Å². The van der Waals surface area contributed by atoms with E-state index in [1.165, 1.54) is 29.2 Å². The summed E-state index contributed by atoms with van der Waals surface area (Å²) in [6, 6.07) is 12.5. The van der Waals surface area contributed by atoms with Crippen molar-refractivity contribution in [3.63, 3.8) is 0 Å². The first-order valence-electron chi connectivity index (χ1n) is 6.20. The molecule has 6 heteroatoms. The Bertz CT molecular complexity index is 680. The normalized spacial score (nSPS) is 14.2. The first-order valence-corrected chi connectivity index (χ1v) is 6.20. The van der Waals surface area contributed by atoms with Crippen LogP contribution in [0.4, 0.5) is 18.9 Å². The van der Waals surface area contributed by atoms with Gasteiger partial charge in [-0.1, -0.05) is 18.2 Å². The van der Waals surface area contributed by atoms with E-state index in [1.807, 2.05) is 12.1 Å². The molecule has 0 fully saturated rings. The third-order valence-electron chi connectivity index (χ3n) is 3.20. The van der Waals surface area contributed by atoms with Crippen molar-refractivity contribution in [3.8, 4) is 5.75 Å². The molecule has 0 aliphatic carbocycles. The highest BCUT2D eigenvalue weighted by Gasteiger charge is 2.31. The third kappa shape index (κ3) is 2.69. The molecule has 0 N–H and O–H groups in total. The molecule has 1 aliphatic rings. The molecule has 1 heterocycles. The molecule has 21 heavy (non-hydrogen) atoms. The minimum absolute atomic E-state index is 0.157. The summed E-state index contributed by atoms with van der Waals surface area (Å²) in [6.07, 6.45) is -4.72. The number of carbonyl (C=O) groups is 1. The van der Waals surface area contributed by atoms with Crippen molar-refractivity contribution in [3.05, 3.63) is 59.7 Å². The Morgan fingerprint density at radius 2 is 1.67 bits per heavy atom. The number of rotatable bonds is 2. The second kappa shape index (κ2) is 4.80. The van der Waals surface area contributed by atoms with Crippen LogP contribution in [0.1, 0.15) is 15.9 Å². The van der Waals surface area contributed by atoms with Crippen LogP contribution in [0, 0.1) is 0 Å². The fraction of sp³-hybridized carbons (Fsp3) is 0.133. The highest BCUT2D eigenvalue weighted by Crippen LogP contribution is 2.30. The molecule has 1 aliphatic heterocycles. The van der Waals surface area contributed by atoms with E-state index in [4.69, 9.17) is 0 Å². The van der Waals surface area contributed by atoms with Crippen molar-refractivity contribution in [1.29, 1.82) is 0 Å². The predicted molar refractivity (Wildman–Crippen MR) is 70.1 cm³/mol. The largest absolute Gasteiger partial charge is 0.573 e. The van der Waals surface area contributed by atoms with Gasteiger partial charge in [0.05, 0.1) is 6.54 Å². The van der Waals surface area contributed by atoms with Crippen molar-refractivity contribution in [2.45, 2.75) is 12.9 Å². The molecule has 3 rings (SSSR count). The van der Waals surface area contributed by atoms with Gasteiger partial charge in [-0.2, -0.15) is 0 Å². The van der Waals surface area contributed by atoms with Crippen LogP contribution in [0.3, 0.4) is 0 Å². The lowest BCUT2D eigenvalue weighted by molar-refractivity contribution is -0.274. The Labute approximate surface area is 118 Å². The van der Waals surface area contributed by atoms with E-state index in [0.29, 0.717) is 17.8 Å². The smallest absolute Gasteiger partial charge is 0.406 e. The maximum Gasteiger partial charge on any atom is 0.573 e. The second-order valence-electron chi connectivity index (χ2n) is 4.59. The van der Waals surface area contributed by atoms with Gasteiger partial charge in [-0.3, -0.25) is 4.79 Å². The zero-order chi connectivity index (χ0) is 15.0. The Balaban J connectivity index is 1.82. The highest BCUT2D eigenvalue weighted by molar-refractivity contribution is 6.09. The Kier molecular flexibility index (Phi) is 3.08. The monoisotopic (exact) mass is 293 g/mol. The number of amides is 1. The van der Waals surface area contributed by atoms with E-state index in [-0.39, 0.29) is 11.7 Å². The molecule has 2 aromatic rings. The van der Waals surface area contributed by atoms with Gasteiger partial charge in [0.15, 0.2) is 0 Å². The second-order valence-corrected chi connectivity index (χ2v) is 4.59. The Morgan fingerprint density at radius 1 is 1.00 bits per heavy atom. The van der Waals surface area contributed by atoms with Crippen LogP contribution in [0.25, 0.3) is 0 Å². The van der Waals surface area contributed by atoms with E-state index >= 15 is 0 Å². The van der Waals surface area contributed by atoms with Crippen molar-refractivity contribution in [1.82, 2.24) is 0 Å². The molecule has 0 unspecified atom stereocenters. The first kappa shape index (κ1) is 13.5. The summed E-state index contributed by atoms with van der Waals surface area (Å²) < 4.78 is 40.1. The summed E-state index contributed by atoms with van der Waals surface area (Å²) in [6.45, 7) is 0.411. The van der Waals surface area contributed by atoms with E-state index in [1.54, 1.807) is 12.1 Å². The molecule has 0 spiro atoms. The molecule has 0 saturated carbocycles. The van der Waals surface area contributed by atoms with Gasteiger partial charge >= 0.3 is 6.36 Å². The quantitative estimate of drug-likeness (QED) is 0.844. The van der Waals surface area contributed by atoms with E-state index in [9.17, 15) is 18.0 Å². The summed E-state index contributed by atoms with van der Waals surface area (Å²) >= 11 is 0. The first-order chi connectivity index (χ1) is 9.94. The van der Waals surface area contributed by atoms with E-state index in [0.717, 1.165) is 5.56 Å². The number of alkyl halides is 3. The summed E-state index contributed by atoms with van der Waals surface area (Å²) in [5, 5.41) is 0. The van der Waals surface area contributed by atoms with Crippen LogP contribution in [0.5, 0.6) is 5.75 Å². The number of halogens is 3. The zero-order valence-electron chi connectivity index (χ0n) is 10.7. The van der Waals surface area contributed by atoms with Gasteiger partial charge in [0, 0.05) is 11.3 Å². The van der Waals surface area contributed by atoms with Crippen molar-refractivity contribution in [2.75, 3.05) is 4.90 Å². The van der Waals surface area contributed by atoms with Crippen LogP contribution in [0.2, 0.25) is 0 Å². The molecule has 0 bridgehead atoms. The molecule has 0 radical (unpaired) electrons. The van der Waals surface area contributed by atoms with Crippen LogP contribution in [-0.4, -0.2) is 12.3 Å². The lowest BCUT2D eigenvalue weighted by Crippen LogP contribution is -2.23. The van der Waals surface area contributed by atoms with Gasteiger partial charge in [-0.25, -0.2) is 0 Å². The predicted octanol–water partition coefficient (Wildman–Crippen LogP) is 3.75. The SMILES string of the molecule is O=C1c2ccccc2CN1c1ccc(OC(F)(F)F)cc1. The number of hydrogen-bond donors (Lipinski definition) is 0. The average Bonchev–Trinajstić information content (AvgIpc) is 2.76. The van der Waals surface area contributed by atoms with Crippen molar-refractivity contribution < 1.29 is 22.7 Å². The molecular formula is C15H10F3NO2. The number of fused-ring (bicyclic) bond motifs is 1. The molecular weight excluding hydrogens is 283 g/mol. The maximum absolute atomic E-state index is 12.2. The van der Waals surface area contributed by atoms with Crippen LogP contribution in [-0.2, 0) is 6.54 Å². The van der Waals surface area contributed by atoms with Gasteiger partial charge in [0.1, 0.15) is 5.75 Å². The molecule has 0 saturated heterocycles. The van der Waals surface area contributed by atoms with Crippen molar-refractivity contribution in [2.24, 2.45) is 0 Å². The lowest BCUT2D eigenvalue weighted by atomic mass is 10.1. The molecule has 0 atom stereocenters. The fourth-order valence-corrected chi connectivity index (χ4v) is 2.29. The Hall–Kier alpha value is -2.50. The Morgan fingerprint density at radius 3 is 2.29 bits per heavy atom. The highest BCUT2D eigenvalue weighted by atomic mass is 19.4. The average molecular weight is 293 g/mol. The molecule has 2 aromatic carbocycles. The van der Waals surface area contributed by atoms with Gasteiger partial charge in [-0.15, -0.1) is 13.2 Å². The van der Waals surface area contributed by atoms with Crippen LogP contribution in [0.15, 0.2) is 48.5 Å². The standard InChI is InChI=1S/C15H10F3NO2/c16-15(17,18)21-12-7-5-11(6-8-12)19-9-10-3-1-2-4-13(10)14(19)20/h1-8H,9H2. The minimum atomic E-state index is -4.72. The molecule has 1 amide bonds. The van der Waals surface area contributed by atoms with Gasteiger partial charge in [0.25, 0.3) is 5.91 Å². The van der Waals surface area contributed by atoms with Crippen molar-refractivity contribution >= 4 is 11.6 Å². The van der Waals surface area contributed by atoms with Crippen LogP contribution < -0.4 is 9.64 Å². The summed E-state index contributed by atoms with van der Waals surface area (Å²) in [7, 11) is 0. The topological polar surface area (TPSA) is 29.5 Å². The molecule has 3 nitrogen and oxygen atoms in total. The summed E-state index contributed by atoms with van der Waals surface area (Å²) in [5.41, 5.74) is 2.05. The number of benzene rings is 2. The van der Waals surface area contributed by atoms with Gasteiger partial charge < -0.3 is 9.64 Å². The number of carbonyl (C=O) groups excluding carboxylic acids is 1. The number of nitrogens with zero attached hydrogens (tertiary/aromatic N) is 1. The number of ether oxygens (including phenoxy) is 1. The minimum Gasteiger partial charge on any atom is -0.406 e. The third-order valence-corrected chi connectivity index (χ3v) is 3.20. The molecule has 0 aromatic heterocycles. The lowest BCUT2D eigenvalue weighted by Gasteiger charge is -2.16. The van der Waals surface area contributed by atoms with Gasteiger partial charge in [0.2, 0.25) is 0 Å². The van der Waals surface area contributed by atoms with E-state index in [2.05, 4.69) is 4.74 Å². The van der Waals surface area contributed by atoms with Crippen LogP contribution >= 0.6 is 0 Å². The maximum atomic E-state index is 12.2. The zero-order valence-corrected chi connectivity index (χ0v) is 10.7. The fourth-order valence-electron chi connectivity index (χ4n) is 2.29. The molecule has 108 valence electrons.